The molecule has 0 aliphatic heterocycles. The fourth-order valence-electron chi connectivity index (χ4n) is 4.30. The third-order valence-electron chi connectivity index (χ3n) is 6.87. The van der Waals surface area contributed by atoms with Crippen LogP contribution in [0, 0.1) is 17.7 Å². The van der Waals surface area contributed by atoms with Gasteiger partial charge in [-0.15, -0.1) is 22.7 Å². The lowest BCUT2D eigenvalue weighted by Gasteiger charge is -2.13. The van der Waals surface area contributed by atoms with Gasteiger partial charge in [0.25, 0.3) is 0 Å². The average Bonchev–Trinajstić information content (AvgIpc) is 3.58. The molecule has 0 fully saturated rings. The van der Waals surface area contributed by atoms with Crippen molar-refractivity contribution >= 4 is 72.2 Å². The van der Waals surface area contributed by atoms with Crippen molar-refractivity contribution in [1.82, 2.24) is 0 Å². The van der Waals surface area contributed by atoms with Crippen LogP contribution in [0.5, 0.6) is 23.0 Å². The third-order valence-corrected chi connectivity index (χ3v) is 9.51. The highest BCUT2D eigenvalue weighted by atomic mass is 35.5. The number of aromatic hydroxyl groups is 1. The summed E-state index contributed by atoms with van der Waals surface area (Å²) in [5.41, 5.74) is 0. The monoisotopic (exact) mass is 652 g/mol. The van der Waals surface area contributed by atoms with E-state index < -0.39 is 29.6 Å². The largest absolute Gasteiger partial charge is 0.504 e. The Bertz CT molecular complexity index is 1680. The zero-order valence-corrected chi connectivity index (χ0v) is 26.0. The molecule has 4 rings (SSSR count). The number of carboxylic acid groups (broad SMARTS) is 2. The summed E-state index contributed by atoms with van der Waals surface area (Å²) in [5.74, 6) is -4.20. The molecule has 0 amide bonds. The van der Waals surface area contributed by atoms with Crippen molar-refractivity contribution in [2.75, 3.05) is 20.3 Å². The Morgan fingerprint density at radius 3 is 2.23 bits per heavy atom. The Labute approximate surface area is 259 Å². The van der Waals surface area contributed by atoms with Crippen molar-refractivity contribution in [3.8, 4) is 23.0 Å². The highest BCUT2D eigenvalue weighted by molar-refractivity contribution is 7.21. The number of methoxy groups -OCH3 is 1. The van der Waals surface area contributed by atoms with Gasteiger partial charge in [0.05, 0.1) is 42.1 Å². The Hall–Kier alpha value is -3.61. The fourth-order valence-corrected chi connectivity index (χ4v) is 6.82. The first kappa shape index (κ1) is 32.3. The molecule has 0 unspecified atom stereocenters. The van der Waals surface area contributed by atoms with Gasteiger partial charge >= 0.3 is 11.9 Å². The number of phenols is 1. The molecule has 43 heavy (non-hydrogen) atoms. The van der Waals surface area contributed by atoms with Gasteiger partial charge in [0.15, 0.2) is 34.6 Å². The van der Waals surface area contributed by atoms with Crippen LogP contribution in [0.4, 0.5) is 4.39 Å². The first-order valence-corrected chi connectivity index (χ1v) is 15.4. The molecule has 0 aliphatic rings. The van der Waals surface area contributed by atoms with Gasteiger partial charge in [-0.25, -0.2) is 4.39 Å². The van der Waals surface area contributed by atoms with Crippen molar-refractivity contribution < 1.29 is 48.3 Å². The summed E-state index contributed by atoms with van der Waals surface area (Å²) >= 11 is 8.98. The quantitative estimate of drug-likeness (QED) is 0.0884. The zero-order valence-electron chi connectivity index (χ0n) is 23.6. The minimum Gasteiger partial charge on any atom is -0.504 e. The molecule has 0 saturated heterocycles. The number of aryl methyl sites for hydroxylation is 1. The Morgan fingerprint density at radius 2 is 1.58 bits per heavy atom. The van der Waals surface area contributed by atoms with Gasteiger partial charge in [0.2, 0.25) is 0 Å². The number of carbonyl (C=O) groups is 3. The van der Waals surface area contributed by atoms with Gasteiger partial charge in [-0.2, -0.15) is 0 Å². The van der Waals surface area contributed by atoms with Gasteiger partial charge in [0.1, 0.15) is 0 Å². The molecule has 4 aromatic rings. The van der Waals surface area contributed by atoms with E-state index in [-0.39, 0.29) is 53.4 Å². The summed E-state index contributed by atoms with van der Waals surface area (Å²) in [6.45, 7) is 3.22. The number of carboxylic acids is 2. The van der Waals surface area contributed by atoms with Crippen molar-refractivity contribution in [1.29, 1.82) is 0 Å². The molecule has 2 heterocycles. The number of phenolic OH excluding ortho intramolecular Hbond substituents is 1. The number of carbonyl (C=O) groups excluding carboxylic acids is 1. The summed E-state index contributed by atoms with van der Waals surface area (Å²) < 4.78 is 33.4. The maximum atomic E-state index is 15.4. The number of fused-ring (bicyclic) bond motifs is 2. The van der Waals surface area contributed by atoms with Gasteiger partial charge < -0.3 is 29.5 Å². The Morgan fingerprint density at radius 1 is 0.930 bits per heavy atom. The molecule has 230 valence electrons. The highest BCUT2D eigenvalue weighted by Gasteiger charge is 2.22. The molecule has 0 bridgehead atoms. The topological polar surface area (TPSA) is 140 Å². The van der Waals surface area contributed by atoms with E-state index in [1.54, 1.807) is 25.1 Å². The van der Waals surface area contributed by atoms with E-state index in [1.807, 2.05) is 0 Å². The number of aliphatic carboxylic acids is 2. The fraction of sp³-hybridized carbons (Fsp3) is 0.367. The van der Waals surface area contributed by atoms with Crippen molar-refractivity contribution in [3.05, 3.63) is 44.9 Å². The van der Waals surface area contributed by atoms with Gasteiger partial charge in [0, 0.05) is 50.0 Å². The highest BCUT2D eigenvalue weighted by Crippen LogP contribution is 2.44. The molecule has 2 atom stereocenters. The molecule has 9 nitrogen and oxygen atoms in total. The van der Waals surface area contributed by atoms with E-state index in [0.717, 1.165) is 16.2 Å². The molecule has 0 aliphatic carbocycles. The average molecular weight is 653 g/mol. The van der Waals surface area contributed by atoms with Crippen molar-refractivity contribution in [2.45, 2.75) is 39.5 Å². The van der Waals surface area contributed by atoms with E-state index >= 15 is 4.39 Å². The maximum Gasteiger partial charge on any atom is 0.306 e. The van der Waals surface area contributed by atoms with Crippen LogP contribution in [0.15, 0.2) is 24.3 Å². The van der Waals surface area contributed by atoms with E-state index in [4.69, 9.17) is 36.0 Å². The number of rotatable bonds is 15. The predicted octanol–water partition coefficient (Wildman–Crippen LogP) is 7.42. The lowest BCUT2D eigenvalue weighted by atomic mass is 10.0. The lowest BCUT2D eigenvalue weighted by Crippen LogP contribution is -2.13. The molecule has 0 radical (unpaired) electrons. The summed E-state index contributed by atoms with van der Waals surface area (Å²) in [4.78, 5) is 35.9. The smallest absolute Gasteiger partial charge is 0.306 e. The number of ether oxygens (including phenoxy) is 3. The molecule has 2 aromatic carbocycles. The van der Waals surface area contributed by atoms with Crippen molar-refractivity contribution in [2.24, 2.45) is 11.8 Å². The minimum atomic E-state index is -1.06. The van der Waals surface area contributed by atoms with E-state index in [0.29, 0.717) is 44.3 Å². The number of hydrogen-bond donors (Lipinski definition) is 3. The van der Waals surface area contributed by atoms with Crippen LogP contribution >= 0.6 is 34.3 Å². The second-order valence-electron chi connectivity index (χ2n) is 10.1. The minimum absolute atomic E-state index is 0.0260. The summed E-state index contributed by atoms with van der Waals surface area (Å²) in [6.07, 6.45) is 1.09. The van der Waals surface area contributed by atoms with Crippen LogP contribution in [-0.4, -0.2) is 53.4 Å². The number of thiophene rings is 2. The summed E-state index contributed by atoms with van der Waals surface area (Å²) in [7, 11) is 1.41. The number of benzene rings is 2. The lowest BCUT2D eigenvalue weighted by molar-refractivity contribution is -0.142. The molecule has 2 aromatic heterocycles. The molecule has 0 spiro atoms. The van der Waals surface area contributed by atoms with Gasteiger partial charge in [-0.1, -0.05) is 25.4 Å². The number of ketones is 1. The van der Waals surface area contributed by atoms with Crippen LogP contribution in [0.1, 0.15) is 47.7 Å². The molecular weight excluding hydrogens is 623 g/mol. The van der Waals surface area contributed by atoms with Crippen molar-refractivity contribution in [3.63, 3.8) is 0 Å². The Balaban J connectivity index is 1.40. The first-order chi connectivity index (χ1) is 20.4. The third kappa shape index (κ3) is 7.31. The van der Waals surface area contributed by atoms with E-state index in [2.05, 4.69) is 0 Å². The maximum absolute atomic E-state index is 15.4. The van der Waals surface area contributed by atoms with Gasteiger partial charge in [-0.3, -0.25) is 14.4 Å². The predicted molar refractivity (Wildman–Crippen MR) is 163 cm³/mol. The molecule has 0 saturated carbocycles. The van der Waals surface area contributed by atoms with Crippen LogP contribution in [0.2, 0.25) is 5.02 Å². The molecular formula is C30H30ClFO9S2. The zero-order chi connectivity index (χ0) is 31.4. The van der Waals surface area contributed by atoms with Crippen LogP contribution in [-0.2, 0) is 16.0 Å². The second-order valence-corrected chi connectivity index (χ2v) is 12.7. The SMILES string of the molecule is COc1cc2sc(CC[C@H](C)C(=O)O)cc2c(F)c1OCCCOc1c(O)cc2sc(C(=O)C[C@H](C)C(=O)O)cc2c1Cl. The van der Waals surface area contributed by atoms with Crippen LogP contribution in [0.25, 0.3) is 20.2 Å². The van der Waals surface area contributed by atoms with Crippen LogP contribution < -0.4 is 14.2 Å². The molecule has 13 heteroatoms. The van der Waals surface area contributed by atoms with Gasteiger partial charge in [-0.05, 0) is 25.0 Å². The van der Waals surface area contributed by atoms with E-state index in [9.17, 15) is 19.5 Å². The first-order valence-electron chi connectivity index (χ1n) is 13.4. The normalized spacial score (nSPS) is 12.8. The summed E-state index contributed by atoms with van der Waals surface area (Å²) in [5, 5.41) is 29.7. The standard InChI is InChI=1S/C30H30ClFO9S2/c1-14(29(35)36)5-6-16-10-18-23(42-16)13-21(39-3)28(26(18)32)41-8-4-7-40-27-20(34)12-22-17(25(27)31)11-24(43-22)19(33)9-15(2)30(37)38/h10-15,34H,4-9H2,1-3H3,(H,35,36)(H,37,38)/t14-,15-/m0/s1. The Kier molecular flexibility index (Phi) is 10.4. The number of hydrogen-bond acceptors (Lipinski definition) is 9. The summed E-state index contributed by atoms with van der Waals surface area (Å²) in [6, 6.07) is 6.38. The van der Waals surface area contributed by atoms with E-state index in [1.165, 1.54) is 31.4 Å². The second kappa shape index (κ2) is 13.8. The van der Waals surface area contributed by atoms with Crippen LogP contribution in [0.3, 0.4) is 0 Å². The number of Topliss-reactive ketones (excluding diaryl/α,β-unsaturated/α-hetero) is 1. The molecule has 3 N–H and O–H groups in total. The number of halogens is 2.